The summed E-state index contributed by atoms with van der Waals surface area (Å²) in [6, 6.07) is 7.82. The van der Waals surface area contributed by atoms with Crippen molar-refractivity contribution in [2.75, 3.05) is 0 Å². The Bertz CT molecular complexity index is 529. The van der Waals surface area contributed by atoms with E-state index in [2.05, 4.69) is 10.6 Å². The summed E-state index contributed by atoms with van der Waals surface area (Å²) in [4.78, 5) is 35.1. The fraction of sp³-hybridized carbons (Fsp3) is 0.438. The maximum absolute atomic E-state index is 12.4. The second-order valence-corrected chi connectivity index (χ2v) is 5.58. The lowest BCUT2D eigenvalue weighted by atomic mass is 10.0. The van der Waals surface area contributed by atoms with Gasteiger partial charge in [-0.25, -0.2) is 0 Å². The molecule has 22 heavy (non-hydrogen) atoms. The van der Waals surface area contributed by atoms with Gasteiger partial charge in [-0.3, -0.25) is 14.4 Å². The quantitative estimate of drug-likeness (QED) is 0.678. The first-order valence-corrected chi connectivity index (χ1v) is 7.22. The van der Waals surface area contributed by atoms with Crippen molar-refractivity contribution in [3.05, 3.63) is 35.9 Å². The lowest BCUT2D eigenvalue weighted by Gasteiger charge is -2.23. The molecule has 0 bridgehead atoms. The predicted molar refractivity (Wildman–Crippen MR) is 83.7 cm³/mol. The Kier molecular flexibility index (Phi) is 6.56. The Morgan fingerprint density at radius 2 is 1.68 bits per heavy atom. The molecule has 0 fully saturated rings. The van der Waals surface area contributed by atoms with E-state index in [4.69, 9.17) is 5.73 Å². The molecule has 0 saturated carbocycles. The van der Waals surface area contributed by atoms with Crippen LogP contribution in [0.3, 0.4) is 0 Å². The smallest absolute Gasteiger partial charge is 0.243 e. The predicted octanol–water partition coefficient (Wildman–Crippen LogP) is 0.360. The maximum Gasteiger partial charge on any atom is 0.243 e. The minimum absolute atomic E-state index is 0.129. The molecule has 0 radical (unpaired) electrons. The zero-order chi connectivity index (χ0) is 16.7. The van der Waals surface area contributed by atoms with E-state index in [1.54, 1.807) is 13.8 Å². The van der Waals surface area contributed by atoms with Crippen LogP contribution >= 0.6 is 0 Å². The fourth-order valence-electron chi connectivity index (χ4n) is 2.12. The topological polar surface area (TPSA) is 101 Å². The highest BCUT2D eigenvalue weighted by Gasteiger charge is 2.26. The number of benzene rings is 1. The van der Waals surface area contributed by atoms with Crippen molar-refractivity contribution >= 4 is 17.7 Å². The van der Waals surface area contributed by atoms with Gasteiger partial charge in [-0.1, -0.05) is 44.2 Å². The van der Waals surface area contributed by atoms with E-state index < -0.39 is 23.9 Å². The van der Waals surface area contributed by atoms with Gasteiger partial charge in [0.05, 0.1) is 0 Å². The summed E-state index contributed by atoms with van der Waals surface area (Å²) >= 11 is 0. The van der Waals surface area contributed by atoms with Gasteiger partial charge in [-0.2, -0.15) is 0 Å². The Morgan fingerprint density at radius 1 is 1.09 bits per heavy atom. The zero-order valence-corrected chi connectivity index (χ0v) is 13.1. The van der Waals surface area contributed by atoms with Gasteiger partial charge in [-0.05, 0) is 11.5 Å². The van der Waals surface area contributed by atoms with E-state index in [1.165, 1.54) is 6.92 Å². The number of carbonyl (C=O) groups excluding carboxylic acids is 3. The Balaban J connectivity index is 2.84. The van der Waals surface area contributed by atoms with Crippen LogP contribution in [0, 0.1) is 5.92 Å². The van der Waals surface area contributed by atoms with Crippen molar-refractivity contribution < 1.29 is 14.4 Å². The van der Waals surface area contributed by atoms with Crippen LogP contribution in [0.5, 0.6) is 0 Å². The van der Waals surface area contributed by atoms with Crippen LogP contribution < -0.4 is 16.4 Å². The number of carbonyl (C=O) groups is 3. The van der Waals surface area contributed by atoms with Crippen molar-refractivity contribution in [1.82, 2.24) is 10.6 Å². The number of nitrogens with two attached hydrogens (primary N) is 1. The molecule has 0 aliphatic rings. The molecule has 3 amide bonds. The number of hydrogen-bond donors (Lipinski definition) is 3. The molecule has 0 aromatic heterocycles. The highest BCUT2D eigenvalue weighted by atomic mass is 16.2. The first-order chi connectivity index (χ1) is 10.3. The molecule has 0 spiro atoms. The van der Waals surface area contributed by atoms with Gasteiger partial charge < -0.3 is 16.4 Å². The molecule has 4 N–H and O–H groups in total. The number of hydrogen-bond acceptors (Lipinski definition) is 3. The van der Waals surface area contributed by atoms with Crippen molar-refractivity contribution in [2.45, 2.75) is 39.3 Å². The molecule has 1 aromatic rings. The molecule has 120 valence electrons. The molecule has 6 heteroatoms. The van der Waals surface area contributed by atoms with Crippen molar-refractivity contribution in [3.63, 3.8) is 0 Å². The largest absolute Gasteiger partial charge is 0.368 e. The van der Waals surface area contributed by atoms with Gasteiger partial charge in [0.25, 0.3) is 0 Å². The minimum atomic E-state index is -0.764. The normalized spacial score (nSPS) is 13.3. The van der Waals surface area contributed by atoms with E-state index in [1.807, 2.05) is 30.3 Å². The Labute approximate surface area is 130 Å². The lowest BCUT2D eigenvalue weighted by Crippen LogP contribution is -2.55. The Morgan fingerprint density at radius 3 is 2.14 bits per heavy atom. The van der Waals surface area contributed by atoms with E-state index in [-0.39, 0.29) is 11.8 Å². The van der Waals surface area contributed by atoms with Crippen LogP contribution in [0.25, 0.3) is 0 Å². The van der Waals surface area contributed by atoms with Gasteiger partial charge in [0, 0.05) is 13.3 Å². The molecule has 0 aliphatic heterocycles. The molecule has 1 rings (SSSR count). The first-order valence-electron chi connectivity index (χ1n) is 7.22. The molecule has 0 saturated heterocycles. The second-order valence-electron chi connectivity index (χ2n) is 5.58. The first kappa shape index (κ1) is 17.7. The highest BCUT2D eigenvalue weighted by molar-refractivity contribution is 5.91. The summed E-state index contributed by atoms with van der Waals surface area (Å²) in [5, 5.41) is 5.22. The van der Waals surface area contributed by atoms with Gasteiger partial charge >= 0.3 is 0 Å². The van der Waals surface area contributed by atoms with Crippen molar-refractivity contribution in [2.24, 2.45) is 11.7 Å². The molecule has 0 aliphatic carbocycles. The number of rotatable bonds is 7. The summed E-state index contributed by atoms with van der Waals surface area (Å²) in [6.45, 7) is 4.93. The van der Waals surface area contributed by atoms with Gasteiger partial charge in [0.15, 0.2) is 0 Å². The van der Waals surface area contributed by atoms with E-state index in [9.17, 15) is 14.4 Å². The SMILES string of the molecule is CC(=O)N[C@@H](Cc1ccccc1)C(=O)N[C@@H](C(N)=O)C(C)C. The number of amides is 3. The monoisotopic (exact) mass is 305 g/mol. The van der Waals surface area contributed by atoms with E-state index in [0.717, 1.165) is 5.56 Å². The third kappa shape index (κ3) is 5.55. The van der Waals surface area contributed by atoms with Crippen LogP contribution in [0.15, 0.2) is 30.3 Å². The van der Waals surface area contributed by atoms with Crippen LogP contribution in [0.2, 0.25) is 0 Å². The summed E-state index contributed by atoms with van der Waals surface area (Å²) in [5.74, 6) is -1.45. The summed E-state index contributed by atoms with van der Waals surface area (Å²) in [6.07, 6.45) is 0.343. The lowest BCUT2D eigenvalue weighted by molar-refractivity contribution is -0.131. The average Bonchev–Trinajstić information content (AvgIpc) is 2.43. The standard InChI is InChI=1S/C16H23N3O3/c1-10(2)14(15(17)21)19-16(22)13(18-11(3)20)9-12-7-5-4-6-8-12/h4-8,10,13-14H,9H2,1-3H3,(H2,17,21)(H,18,20)(H,19,22)/t13-,14+/m0/s1. The van der Waals surface area contributed by atoms with Crippen LogP contribution in [-0.2, 0) is 20.8 Å². The number of nitrogens with one attached hydrogen (secondary N) is 2. The van der Waals surface area contributed by atoms with Gasteiger partial charge in [0.1, 0.15) is 12.1 Å². The van der Waals surface area contributed by atoms with E-state index in [0.29, 0.717) is 6.42 Å². The maximum atomic E-state index is 12.4. The summed E-state index contributed by atoms with van der Waals surface area (Å²) in [5.41, 5.74) is 6.21. The third-order valence-corrected chi connectivity index (χ3v) is 3.25. The van der Waals surface area contributed by atoms with Crippen LogP contribution in [0.1, 0.15) is 26.3 Å². The molecule has 0 unspecified atom stereocenters. The van der Waals surface area contributed by atoms with Crippen LogP contribution in [0.4, 0.5) is 0 Å². The van der Waals surface area contributed by atoms with Crippen molar-refractivity contribution in [1.29, 1.82) is 0 Å². The van der Waals surface area contributed by atoms with Gasteiger partial charge in [-0.15, -0.1) is 0 Å². The molecule has 1 aromatic carbocycles. The molecular formula is C16H23N3O3. The second kappa shape index (κ2) is 8.17. The average molecular weight is 305 g/mol. The fourth-order valence-corrected chi connectivity index (χ4v) is 2.12. The van der Waals surface area contributed by atoms with Gasteiger partial charge in [0.2, 0.25) is 17.7 Å². The van der Waals surface area contributed by atoms with Crippen LogP contribution in [-0.4, -0.2) is 29.8 Å². The molecule has 2 atom stereocenters. The number of primary amides is 1. The third-order valence-electron chi connectivity index (χ3n) is 3.25. The molecule has 6 nitrogen and oxygen atoms in total. The summed E-state index contributed by atoms with van der Waals surface area (Å²) in [7, 11) is 0. The molecule has 0 heterocycles. The highest BCUT2D eigenvalue weighted by Crippen LogP contribution is 2.06. The minimum Gasteiger partial charge on any atom is -0.368 e. The molecular weight excluding hydrogens is 282 g/mol. The van der Waals surface area contributed by atoms with E-state index >= 15 is 0 Å². The summed E-state index contributed by atoms with van der Waals surface area (Å²) < 4.78 is 0. The van der Waals surface area contributed by atoms with Crippen molar-refractivity contribution in [3.8, 4) is 0 Å². The zero-order valence-electron chi connectivity index (χ0n) is 13.1. The Hall–Kier alpha value is -2.37.